The molecular formula is C14H20BrN3O3S. The molecule has 1 saturated heterocycles. The van der Waals surface area contributed by atoms with Gasteiger partial charge in [0.05, 0.1) is 16.3 Å². The Balaban J connectivity index is 1.60. The predicted molar refractivity (Wildman–Crippen MR) is 86.1 cm³/mol. The van der Waals surface area contributed by atoms with E-state index in [4.69, 9.17) is 4.74 Å². The highest BCUT2D eigenvalue weighted by Crippen LogP contribution is 2.28. The van der Waals surface area contributed by atoms with Crippen LogP contribution in [0.4, 0.5) is 0 Å². The molecule has 0 spiro atoms. The van der Waals surface area contributed by atoms with E-state index in [0.29, 0.717) is 25.5 Å². The zero-order chi connectivity index (χ0) is 15.6. The summed E-state index contributed by atoms with van der Waals surface area (Å²) in [5, 5.41) is -0.205. The molecule has 1 aliphatic carbocycles. The number of rotatable bonds is 4. The first-order chi connectivity index (χ1) is 10.6. The lowest BCUT2D eigenvalue weighted by molar-refractivity contribution is 0.197. The highest BCUT2D eigenvalue weighted by molar-refractivity contribution is 9.10. The quantitative estimate of drug-likeness (QED) is 0.789. The van der Waals surface area contributed by atoms with Crippen molar-refractivity contribution in [3.05, 3.63) is 16.9 Å². The number of hydrogen-bond acceptors (Lipinski definition) is 5. The Kier molecular flexibility index (Phi) is 4.99. The van der Waals surface area contributed by atoms with Crippen LogP contribution >= 0.6 is 15.9 Å². The second kappa shape index (κ2) is 6.80. The average Bonchev–Trinajstić information content (AvgIpc) is 3.00. The first kappa shape index (κ1) is 16.1. The molecule has 1 saturated carbocycles. The van der Waals surface area contributed by atoms with Gasteiger partial charge in [-0.2, -0.15) is 4.31 Å². The second-order valence-corrected chi connectivity index (χ2v) is 9.00. The van der Waals surface area contributed by atoms with E-state index < -0.39 is 10.0 Å². The maximum atomic E-state index is 12.7. The van der Waals surface area contributed by atoms with Crippen molar-refractivity contribution in [2.45, 2.75) is 49.9 Å². The van der Waals surface area contributed by atoms with Gasteiger partial charge in [0.25, 0.3) is 0 Å². The molecule has 1 aliphatic heterocycles. The number of sulfonamides is 1. The summed E-state index contributed by atoms with van der Waals surface area (Å²) in [5.74, 6) is 0. The Bertz CT molecular complexity index is 602. The largest absolute Gasteiger partial charge is 0.459 e. The van der Waals surface area contributed by atoms with E-state index in [2.05, 4.69) is 25.9 Å². The van der Waals surface area contributed by atoms with Gasteiger partial charge in [-0.3, -0.25) is 0 Å². The fraction of sp³-hybridized carbons (Fsp3) is 0.714. The molecule has 22 heavy (non-hydrogen) atoms. The van der Waals surface area contributed by atoms with Crippen molar-refractivity contribution in [1.29, 1.82) is 0 Å². The third-order valence-electron chi connectivity index (χ3n) is 4.31. The molecule has 0 aromatic carbocycles. The summed E-state index contributed by atoms with van der Waals surface area (Å²) in [6.45, 7) is 0.929. The lowest BCUT2D eigenvalue weighted by Gasteiger charge is -2.26. The topological polar surface area (TPSA) is 72.4 Å². The van der Waals surface area contributed by atoms with Crippen molar-refractivity contribution < 1.29 is 13.2 Å². The van der Waals surface area contributed by atoms with Gasteiger partial charge in [-0.25, -0.2) is 18.4 Å². The van der Waals surface area contributed by atoms with Crippen LogP contribution < -0.4 is 4.74 Å². The predicted octanol–water partition coefficient (Wildman–Crippen LogP) is 2.35. The van der Waals surface area contributed by atoms with Crippen LogP contribution in [0, 0.1) is 0 Å². The van der Waals surface area contributed by atoms with Gasteiger partial charge < -0.3 is 4.74 Å². The molecule has 1 atom stereocenters. The molecule has 2 fully saturated rings. The van der Waals surface area contributed by atoms with E-state index in [1.807, 2.05) is 0 Å². The molecule has 2 aliphatic rings. The van der Waals surface area contributed by atoms with Crippen LogP contribution in [0.25, 0.3) is 0 Å². The summed E-state index contributed by atoms with van der Waals surface area (Å²) in [7, 11) is -3.19. The van der Waals surface area contributed by atoms with E-state index in [1.54, 1.807) is 16.7 Å². The SMILES string of the molecule is O=S(=O)(C1CCCCC1)N1CC[C@H](Oc2ncc(Br)cn2)C1. The molecular weight excluding hydrogens is 370 g/mol. The Hall–Kier alpha value is -0.730. The van der Waals surface area contributed by atoms with E-state index in [0.717, 1.165) is 36.6 Å². The van der Waals surface area contributed by atoms with E-state index in [-0.39, 0.29) is 11.4 Å². The fourth-order valence-corrected chi connectivity index (χ4v) is 5.40. The van der Waals surface area contributed by atoms with Crippen LogP contribution in [0.2, 0.25) is 0 Å². The molecule has 0 N–H and O–H groups in total. The van der Waals surface area contributed by atoms with Crippen molar-refractivity contribution in [3.8, 4) is 6.01 Å². The van der Waals surface area contributed by atoms with Crippen LogP contribution in [-0.4, -0.2) is 47.1 Å². The molecule has 2 heterocycles. The Labute approximate surface area is 139 Å². The average molecular weight is 390 g/mol. The summed E-state index contributed by atoms with van der Waals surface area (Å²) < 4.78 is 33.4. The van der Waals surface area contributed by atoms with Crippen molar-refractivity contribution in [1.82, 2.24) is 14.3 Å². The number of aromatic nitrogens is 2. The maximum Gasteiger partial charge on any atom is 0.316 e. The summed E-state index contributed by atoms with van der Waals surface area (Å²) in [6.07, 6.45) is 8.53. The lowest BCUT2D eigenvalue weighted by Crippen LogP contribution is -2.39. The molecule has 0 amide bonds. The fourth-order valence-electron chi connectivity index (χ4n) is 3.11. The lowest BCUT2D eigenvalue weighted by atomic mass is 10.0. The molecule has 1 aromatic heterocycles. The van der Waals surface area contributed by atoms with Gasteiger partial charge in [0.1, 0.15) is 6.10 Å². The summed E-state index contributed by atoms with van der Waals surface area (Å²) in [4.78, 5) is 8.14. The minimum absolute atomic E-state index is 0.167. The van der Waals surface area contributed by atoms with Crippen molar-refractivity contribution in [3.63, 3.8) is 0 Å². The van der Waals surface area contributed by atoms with Gasteiger partial charge in [-0.1, -0.05) is 19.3 Å². The van der Waals surface area contributed by atoms with Crippen molar-refractivity contribution in [2.24, 2.45) is 0 Å². The molecule has 0 unspecified atom stereocenters. The number of hydrogen-bond donors (Lipinski definition) is 0. The monoisotopic (exact) mass is 389 g/mol. The summed E-state index contributed by atoms with van der Waals surface area (Å²) >= 11 is 3.27. The third-order valence-corrected chi connectivity index (χ3v) is 7.08. The van der Waals surface area contributed by atoms with Gasteiger partial charge in [0, 0.05) is 18.9 Å². The Morgan fingerprint density at radius 1 is 1.14 bits per heavy atom. The first-order valence-corrected chi connectivity index (χ1v) is 9.98. The highest BCUT2D eigenvalue weighted by atomic mass is 79.9. The van der Waals surface area contributed by atoms with Gasteiger partial charge in [-0.05, 0) is 35.2 Å². The maximum absolute atomic E-state index is 12.7. The Morgan fingerprint density at radius 2 is 1.82 bits per heavy atom. The van der Waals surface area contributed by atoms with Crippen LogP contribution in [0.3, 0.4) is 0 Å². The normalized spacial score (nSPS) is 24.5. The van der Waals surface area contributed by atoms with E-state index in [9.17, 15) is 8.42 Å². The van der Waals surface area contributed by atoms with Gasteiger partial charge >= 0.3 is 6.01 Å². The third kappa shape index (κ3) is 3.60. The molecule has 122 valence electrons. The highest BCUT2D eigenvalue weighted by Gasteiger charge is 2.38. The van der Waals surface area contributed by atoms with Crippen LogP contribution in [0.1, 0.15) is 38.5 Å². The molecule has 0 radical (unpaired) electrons. The zero-order valence-corrected chi connectivity index (χ0v) is 14.7. The number of ether oxygens (including phenoxy) is 1. The van der Waals surface area contributed by atoms with E-state index in [1.165, 1.54) is 0 Å². The van der Waals surface area contributed by atoms with Gasteiger partial charge in [0.2, 0.25) is 10.0 Å². The molecule has 1 aromatic rings. The molecule has 0 bridgehead atoms. The minimum Gasteiger partial charge on any atom is -0.459 e. The smallest absolute Gasteiger partial charge is 0.316 e. The summed E-state index contributed by atoms with van der Waals surface area (Å²) in [6, 6.07) is 0.296. The van der Waals surface area contributed by atoms with Crippen molar-refractivity contribution in [2.75, 3.05) is 13.1 Å². The second-order valence-electron chi connectivity index (χ2n) is 5.88. The number of halogens is 1. The van der Waals surface area contributed by atoms with Crippen LogP contribution in [0.5, 0.6) is 6.01 Å². The van der Waals surface area contributed by atoms with E-state index >= 15 is 0 Å². The Morgan fingerprint density at radius 3 is 2.50 bits per heavy atom. The van der Waals surface area contributed by atoms with Gasteiger partial charge in [0.15, 0.2) is 0 Å². The summed E-state index contributed by atoms with van der Waals surface area (Å²) in [5.41, 5.74) is 0. The molecule has 3 rings (SSSR count). The molecule has 8 heteroatoms. The van der Waals surface area contributed by atoms with Crippen molar-refractivity contribution >= 4 is 26.0 Å². The zero-order valence-electron chi connectivity index (χ0n) is 12.3. The molecule has 6 nitrogen and oxygen atoms in total. The van der Waals surface area contributed by atoms with Gasteiger partial charge in [-0.15, -0.1) is 0 Å². The number of nitrogens with zero attached hydrogens (tertiary/aromatic N) is 3. The standard InChI is InChI=1S/C14H20BrN3O3S/c15-11-8-16-14(17-9-11)21-12-6-7-18(10-12)22(19,20)13-4-2-1-3-5-13/h8-9,12-13H,1-7,10H2/t12-/m0/s1. The van der Waals surface area contributed by atoms with Crippen LogP contribution in [0.15, 0.2) is 16.9 Å². The first-order valence-electron chi connectivity index (χ1n) is 7.69. The minimum atomic E-state index is -3.19. The van der Waals surface area contributed by atoms with Crippen LogP contribution in [-0.2, 0) is 10.0 Å².